The SMILES string of the molecule is CCOc1ccc(CCNC(=O)c2ccc(-c3nc(CSc4ccc(C)cc4)c(C)o3)cc2)cc1. The Morgan fingerprint density at radius 3 is 2.37 bits per heavy atom. The molecule has 1 N–H and O–H groups in total. The molecule has 1 amide bonds. The molecule has 1 aromatic heterocycles. The molecule has 3 aromatic carbocycles. The van der Waals surface area contributed by atoms with Crippen molar-refractivity contribution in [1.29, 1.82) is 0 Å². The van der Waals surface area contributed by atoms with E-state index in [0.29, 0.717) is 24.6 Å². The lowest BCUT2D eigenvalue weighted by atomic mass is 10.1. The van der Waals surface area contributed by atoms with Gasteiger partial charge >= 0.3 is 0 Å². The summed E-state index contributed by atoms with van der Waals surface area (Å²) in [5, 5.41) is 2.98. The molecule has 0 atom stereocenters. The Kier molecular flexibility index (Phi) is 8.27. The number of amides is 1. The number of nitrogens with one attached hydrogen (secondary N) is 1. The third-order valence-corrected chi connectivity index (χ3v) is 6.64. The molecule has 0 saturated heterocycles. The molecule has 35 heavy (non-hydrogen) atoms. The molecule has 0 bridgehead atoms. The van der Waals surface area contributed by atoms with Crippen LogP contribution in [-0.2, 0) is 12.2 Å². The molecule has 0 unspecified atom stereocenters. The van der Waals surface area contributed by atoms with Crippen molar-refractivity contribution >= 4 is 17.7 Å². The van der Waals surface area contributed by atoms with E-state index in [9.17, 15) is 4.79 Å². The van der Waals surface area contributed by atoms with Gasteiger partial charge in [-0.25, -0.2) is 4.98 Å². The van der Waals surface area contributed by atoms with Gasteiger partial charge in [-0.2, -0.15) is 0 Å². The summed E-state index contributed by atoms with van der Waals surface area (Å²) in [6.07, 6.45) is 0.759. The quantitative estimate of drug-likeness (QED) is 0.255. The van der Waals surface area contributed by atoms with Crippen LogP contribution in [0.4, 0.5) is 0 Å². The van der Waals surface area contributed by atoms with E-state index >= 15 is 0 Å². The average molecular weight is 487 g/mol. The van der Waals surface area contributed by atoms with Crippen LogP contribution in [0.15, 0.2) is 82.1 Å². The van der Waals surface area contributed by atoms with Crippen LogP contribution in [0.25, 0.3) is 11.5 Å². The first-order chi connectivity index (χ1) is 17.0. The summed E-state index contributed by atoms with van der Waals surface area (Å²) in [5.74, 6) is 2.90. The van der Waals surface area contributed by atoms with E-state index in [1.165, 1.54) is 10.5 Å². The number of nitrogens with zero attached hydrogens (tertiary/aromatic N) is 1. The van der Waals surface area contributed by atoms with Crippen LogP contribution in [0.3, 0.4) is 0 Å². The molecule has 180 valence electrons. The third-order valence-electron chi connectivity index (χ3n) is 5.62. The fourth-order valence-electron chi connectivity index (χ4n) is 3.58. The normalized spacial score (nSPS) is 10.8. The molecule has 6 heteroatoms. The van der Waals surface area contributed by atoms with Gasteiger partial charge in [-0.3, -0.25) is 4.79 Å². The zero-order chi connectivity index (χ0) is 24.6. The van der Waals surface area contributed by atoms with Crippen LogP contribution in [-0.4, -0.2) is 24.0 Å². The summed E-state index contributed by atoms with van der Waals surface area (Å²) in [7, 11) is 0. The van der Waals surface area contributed by atoms with Gasteiger partial charge in [-0.05, 0) is 81.3 Å². The van der Waals surface area contributed by atoms with E-state index in [1.54, 1.807) is 11.8 Å². The maximum absolute atomic E-state index is 12.5. The Labute approximate surface area is 210 Å². The lowest BCUT2D eigenvalue weighted by Gasteiger charge is -2.07. The number of ether oxygens (including phenoxy) is 1. The molecule has 0 saturated carbocycles. The minimum Gasteiger partial charge on any atom is -0.494 e. The molecule has 0 fully saturated rings. The molecule has 1 heterocycles. The second-order valence-corrected chi connectivity index (χ2v) is 9.33. The number of oxazole rings is 1. The molecule has 0 aliphatic carbocycles. The first kappa shape index (κ1) is 24.6. The van der Waals surface area contributed by atoms with Crippen molar-refractivity contribution in [3.8, 4) is 17.2 Å². The van der Waals surface area contributed by atoms with Crippen molar-refractivity contribution in [2.75, 3.05) is 13.2 Å². The van der Waals surface area contributed by atoms with Gasteiger partial charge in [0.1, 0.15) is 11.5 Å². The summed E-state index contributed by atoms with van der Waals surface area (Å²) in [6, 6.07) is 23.8. The van der Waals surface area contributed by atoms with Gasteiger partial charge in [0.05, 0.1) is 12.3 Å². The highest BCUT2D eigenvalue weighted by Crippen LogP contribution is 2.28. The number of benzene rings is 3. The molecule has 0 aliphatic rings. The summed E-state index contributed by atoms with van der Waals surface area (Å²) in [6.45, 7) is 7.20. The fourth-order valence-corrected chi connectivity index (χ4v) is 4.48. The number of aromatic nitrogens is 1. The third kappa shape index (κ3) is 6.76. The standard InChI is InChI=1S/C29H30N2O3S/c1-4-33-25-13-7-22(8-14-25)17-18-30-28(32)23-9-11-24(12-10-23)29-31-27(21(3)34-29)19-35-26-15-5-20(2)6-16-26/h5-16H,4,17-19H2,1-3H3,(H,30,32). The van der Waals surface area contributed by atoms with E-state index in [0.717, 1.165) is 40.5 Å². The predicted molar refractivity (Wildman–Crippen MR) is 141 cm³/mol. The van der Waals surface area contributed by atoms with Gasteiger partial charge in [0.15, 0.2) is 0 Å². The Balaban J connectivity index is 1.30. The van der Waals surface area contributed by atoms with E-state index < -0.39 is 0 Å². The Bertz CT molecular complexity index is 1250. The summed E-state index contributed by atoms with van der Waals surface area (Å²) in [5.41, 5.74) is 4.80. The largest absolute Gasteiger partial charge is 0.494 e. The number of carbonyl (C=O) groups excluding carboxylic acids is 1. The maximum atomic E-state index is 12.5. The van der Waals surface area contributed by atoms with Crippen molar-refractivity contribution in [1.82, 2.24) is 10.3 Å². The maximum Gasteiger partial charge on any atom is 0.251 e. The van der Waals surface area contributed by atoms with Crippen LogP contribution in [0.5, 0.6) is 5.75 Å². The summed E-state index contributed by atoms with van der Waals surface area (Å²) in [4.78, 5) is 18.4. The van der Waals surface area contributed by atoms with Gasteiger partial charge in [0.2, 0.25) is 5.89 Å². The summed E-state index contributed by atoms with van der Waals surface area (Å²) >= 11 is 1.74. The fraction of sp³-hybridized carbons (Fsp3) is 0.241. The Morgan fingerprint density at radius 1 is 0.971 bits per heavy atom. The van der Waals surface area contributed by atoms with E-state index in [1.807, 2.05) is 62.4 Å². The predicted octanol–water partition coefficient (Wildman–Crippen LogP) is 6.62. The first-order valence-electron chi connectivity index (χ1n) is 11.8. The second-order valence-electron chi connectivity index (χ2n) is 8.28. The number of carbonyl (C=O) groups is 1. The monoisotopic (exact) mass is 486 g/mol. The molecule has 0 aliphatic heterocycles. The van der Waals surface area contributed by atoms with Crippen molar-refractivity contribution in [3.63, 3.8) is 0 Å². The topological polar surface area (TPSA) is 64.4 Å². The van der Waals surface area contributed by atoms with Crippen LogP contribution in [0.2, 0.25) is 0 Å². The van der Waals surface area contributed by atoms with Crippen LogP contribution >= 0.6 is 11.8 Å². The van der Waals surface area contributed by atoms with E-state index in [-0.39, 0.29) is 5.91 Å². The van der Waals surface area contributed by atoms with Crippen molar-refractivity contribution in [2.45, 2.75) is 37.8 Å². The van der Waals surface area contributed by atoms with Crippen LogP contribution in [0, 0.1) is 13.8 Å². The Morgan fingerprint density at radius 2 is 1.69 bits per heavy atom. The molecule has 4 aromatic rings. The number of thioether (sulfide) groups is 1. The van der Waals surface area contributed by atoms with Crippen LogP contribution < -0.4 is 10.1 Å². The zero-order valence-corrected chi connectivity index (χ0v) is 21.2. The molecular formula is C29H30N2O3S. The van der Waals surface area contributed by atoms with E-state index in [2.05, 4.69) is 36.5 Å². The van der Waals surface area contributed by atoms with E-state index in [4.69, 9.17) is 14.1 Å². The molecular weight excluding hydrogens is 456 g/mol. The van der Waals surface area contributed by atoms with Gasteiger partial charge in [0.25, 0.3) is 5.91 Å². The highest BCUT2D eigenvalue weighted by Gasteiger charge is 2.13. The minimum atomic E-state index is -0.0961. The number of hydrogen-bond donors (Lipinski definition) is 1. The van der Waals surface area contributed by atoms with Crippen molar-refractivity contribution in [2.24, 2.45) is 0 Å². The van der Waals surface area contributed by atoms with Crippen molar-refractivity contribution in [3.05, 3.63) is 101 Å². The number of hydrogen-bond acceptors (Lipinski definition) is 5. The molecule has 5 nitrogen and oxygen atoms in total. The lowest BCUT2D eigenvalue weighted by Crippen LogP contribution is -2.25. The summed E-state index contributed by atoms with van der Waals surface area (Å²) < 4.78 is 11.4. The van der Waals surface area contributed by atoms with Crippen LogP contribution in [0.1, 0.15) is 39.9 Å². The lowest BCUT2D eigenvalue weighted by molar-refractivity contribution is 0.0954. The average Bonchev–Trinajstić information content (AvgIpc) is 3.25. The highest BCUT2D eigenvalue weighted by atomic mass is 32.2. The number of aryl methyl sites for hydroxylation is 2. The zero-order valence-electron chi connectivity index (χ0n) is 20.3. The van der Waals surface area contributed by atoms with Gasteiger partial charge in [0, 0.05) is 28.3 Å². The second kappa shape index (κ2) is 11.8. The minimum absolute atomic E-state index is 0.0961. The van der Waals surface area contributed by atoms with Gasteiger partial charge in [-0.15, -0.1) is 11.8 Å². The first-order valence-corrected chi connectivity index (χ1v) is 12.8. The highest BCUT2D eigenvalue weighted by molar-refractivity contribution is 7.98. The molecule has 0 radical (unpaired) electrons. The molecule has 4 rings (SSSR count). The Hall–Kier alpha value is -3.51. The molecule has 0 spiro atoms. The van der Waals surface area contributed by atoms with Gasteiger partial charge < -0.3 is 14.5 Å². The number of rotatable bonds is 10. The van der Waals surface area contributed by atoms with Gasteiger partial charge in [-0.1, -0.05) is 29.8 Å². The van der Waals surface area contributed by atoms with Crippen molar-refractivity contribution < 1.29 is 13.9 Å². The smallest absolute Gasteiger partial charge is 0.251 e.